The molecule has 0 rings (SSSR count). The monoisotopic (exact) mass is 273 g/mol. The number of carbonyl (C=O) groups is 1. The van der Waals surface area contributed by atoms with E-state index in [2.05, 4.69) is 19.2 Å². The van der Waals surface area contributed by atoms with Crippen LogP contribution >= 0.6 is 0 Å². The summed E-state index contributed by atoms with van der Waals surface area (Å²) in [6.45, 7) is 12.5. The third-order valence-electron chi connectivity index (χ3n) is 3.46. The smallest absolute Gasteiger partial charge is 0.228 e. The molecule has 0 aliphatic carbocycles. The molecular formula is C15H31NO3. The van der Waals surface area contributed by atoms with Crippen molar-refractivity contribution in [3.63, 3.8) is 0 Å². The maximum absolute atomic E-state index is 12.2. The topological polar surface area (TPSA) is 47.6 Å². The molecular weight excluding hydrogens is 242 g/mol. The van der Waals surface area contributed by atoms with Crippen molar-refractivity contribution in [1.29, 1.82) is 0 Å². The van der Waals surface area contributed by atoms with Crippen molar-refractivity contribution in [2.45, 2.75) is 60.0 Å². The molecule has 2 unspecified atom stereocenters. The minimum atomic E-state index is -0.439. The van der Waals surface area contributed by atoms with Gasteiger partial charge >= 0.3 is 0 Å². The molecule has 1 N–H and O–H groups in total. The lowest BCUT2D eigenvalue weighted by molar-refractivity contribution is -0.134. The van der Waals surface area contributed by atoms with E-state index in [1.54, 1.807) is 0 Å². The first-order chi connectivity index (χ1) is 9.00. The average Bonchev–Trinajstić information content (AvgIpc) is 2.42. The highest BCUT2D eigenvalue weighted by Crippen LogP contribution is 2.21. The van der Waals surface area contributed by atoms with E-state index in [9.17, 15) is 4.79 Å². The van der Waals surface area contributed by atoms with Gasteiger partial charge in [0.1, 0.15) is 0 Å². The lowest BCUT2D eigenvalue weighted by Gasteiger charge is -2.26. The molecule has 2 atom stereocenters. The normalized spacial score (nSPS) is 15.8. The second kappa shape index (κ2) is 10.2. The number of amides is 1. The van der Waals surface area contributed by atoms with Gasteiger partial charge in [-0.25, -0.2) is 0 Å². The van der Waals surface area contributed by atoms with E-state index >= 15 is 0 Å². The van der Waals surface area contributed by atoms with Crippen molar-refractivity contribution >= 4 is 5.91 Å². The zero-order chi connectivity index (χ0) is 14.7. The Morgan fingerprint density at radius 2 is 1.95 bits per heavy atom. The largest absolute Gasteiger partial charge is 0.380 e. The van der Waals surface area contributed by atoms with Crippen LogP contribution in [-0.4, -0.2) is 38.4 Å². The van der Waals surface area contributed by atoms with Crippen molar-refractivity contribution < 1.29 is 14.3 Å². The summed E-state index contributed by atoms with van der Waals surface area (Å²) in [6, 6.07) is 0. The fourth-order valence-corrected chi connectivity index (χ4v) is 1.53. The van der Waals surface area contributed by atoms with Crippen LogP contribution in [0.1, 0.15) is 53.9 Å². The van der Waals surface area contributed by atoms with Crippen molar-refractivity contribution in [2.75, 3.05) is 26.4 Å². The summed E-state index contributed by atoms with van der Waals surface area (Å²) in [5.74, 6) is 0.0545. The van der Waals surface area contributed by atoms with Crippen molar-refractivity contribution in [2.24, 2.45) is 5.41 Å². The third kappa shape index (κ3) is 7.53. The van der Waals surface area contributed by atoms with E-state index < -0.39 is 5.41 Å². The summed E-state index contributed by atoms with van der Waals surface area (Å²) >= 11 is 0. The van der Waals surface area contributed by atoms with E-state index in [0.29, 0.717) is 26.4 Å². The highest BCUT2D eigenvalue weighted by Gasteiger charge is 2.31. The van der Waals surface area contributed by atoms with Crippen molar-refractivity contribution in [3.8, 4) is 0 Å². The van der Waals surface area contributed by atoms with Gasteiger partial charge < -0.3 is 14.8 Å². The fourth-order valence-electron chi connectivity index (χ4n) is 1.53. The lowest BCUT2D eigenvalue weighted by Crippen LogP contribution is -2.43. The minimum Gasteiger partial charge on any atom is -0.380 e. The zero-order valence-corrected chi connectivity index (χ0v) is 13.3. The molecule has 0 fully saturated rings. The maximum Gasteiger partial charge on any atom is 0.228 e. The van der Waals surface area contributed by atoms with Gasteiger partial charge in [-0.2, -0.15) is 0 Å². The van der Waals surface area contributed by atoms with Crippen LogP contribution in [0.15, 0.2) is 0 Å². The predicted molar refractivity (Wildman–Crippen MR) is 78.2 cm³/mol. The van der Waals surface area contributed by atoms with E-state index in [4.69, 9.17) is 9.47 Å². The summed E-state index contributed by atoms with van der Waals surface area (Å²) in [6.07, 6.45) is 2.99. The molecule has 0 aliphatic heterocycles. The Kier molecular flexibility index (Phi) is 9.88. The Bertz CT molecular complexity index is 246. The van der Waals surface area contributed by atoms with Crippen LogP contribution in [0.25, 0.3) is 0 Å². The molecule has 0 bridgehead atoms. The van der Waals surface area contributed by atoms with Gasteiger partial charge in [-0.1, -0.05) is 20.8 Å². The Hall–Kier alpha value is -0.610. The number of nitrogens with one attached hydrogen (secondary N) is 1. The zero-order valence-electron chi connectivity index (χ0n) is 13.3. The molecule has 0 aromatic heterocycles. The Balaban J connectivity index is 3.99. The summed E-state index contributed by atoms with van der Waals surface area (Å²) < 4.78 is 11.1. The van der Waals surface area contributed by atoms with Crippen LogP contribution in [-0.2, 0) is 14.3 Å². The number of hydrogen-bond donors (Lipinski definition) is 1. The van der Waals surface area contributed by atoms with Crippen LogP contribution in [0.5, 0.6) is 0 Å². The van der Waals surface area contributed by atoms with E-state index in [1.165, 1.54) is 0 Å². The third-order valence-corrected chi connectivity index (χ3v) is 3.46. The van der Waals surface area contributed by atoms with E-state index in [-0.39, 0.29) is 12.0 Å². The first-order valence-corrected chi connectivity index (χ1v) is 7.47. The number of ether oxygens (including phenoxy) is 2. The molecule has 0 aliphatic rings. The van der Waals surface area contributed by atoms with Crippen LogP contribution in [0, 0.1) is 5.41 Å². The summed E-state index contributed by atoms with van der Waals surface area (Å²) in [5, 5.41) is 2.94. The van der Waals surface area contributed by atoms with Gasteiger partial charge in [0.25, 0.3) is 0 Å². The second-order valence-corrected chi connectivity index (χ2v) is 5.31. The fraction of sp³-hybridized carbons (Fsp3) is 0.933. The Morgan fingerprint density at radius 1 is 1.26 bits per heavy atom. The average molecular weight is 273 g/mol. The van der Waals surface area contributed by atoms with E-state index in [0.717, 1.165) is 19.3 Å². The summed E-state index contributed by atoms with van der Waals surface area (Å²) in [7, 11) is 0. The molecule has 1 amide bonds. The van der Waals surface area contributed by atoms with Crippen molar-refractivity contribution in [3.05, 3.63) is 0 Å². The molecule has 0 aromatic rings. The first kappa shape index (κ1) is 18.4. The van der Waals surface area contributed by atoms with Gasteiger partial charge in [-0.3, -0.25) is 4.79 Å². The van der Waals surface area contributed by atoms with Crippen LogP contribution < -0.4 is 5.32 Å². The van der Waals surface area contributed by atoms with Gasteiger partial charge in [0, 0.05) is 13.2 Å². The molecule has 19 heavy (non-hydrogen) atoms. The molecule has 0 saturated heterocycles. The predicted octanol–water partition coefficient (Wildman–Crippen LogP) is 2.76. The standard InChI is InChI=1S/C15H31NO3/c1-6-10-18-12-15(5,8-3)14(17)16-9-11-19-13(4)7-2/h13H,6-12H2,1-5H3,(H,16,17). The second-order valence-electron chi connectivity index (χ2n) is 5.31. The van der Waals surface area contributed by atoms with Gasteiger partial charge in [0.05, 0.1) is 24.7 Å². The number of rotatable bonds is 11. The van der Waals surface area contributed by atoms with Gasteiger partial charge in [-0.05, 0) is 33.1 Å². The molecule has 0 radical (unpaired) electrons. The maximum atomic E-state index is 12.2. The number of hydrogen-bond acceptors (Lipinski definition) is 3. The molecule has 4 heteroatoms. The van der Waals surface area contributed by atoms with Gasteiger partial charge in [0.2, 0.25) is 5.91 Å². The SMILES string of the molecule is CCCOCC(C)(CC)C(=O)NCCOC(C)CC. The highest BCUT2D eigenvalue weighted by atomic mass is 16.5. The molecule has 0 heterocycles. The summed E-state index contributed by atoms with van der Waals surface area (Å²) in [5.41, 5.74) is -0.439. The first-order valence-electron chi connectivity index (χ1n) is 7.47. The molecule has 0 spiro atoms. The molecule has 114 valence electrons. The minimum absolute atomic E-state index is 0.0545. The van der Waals surface area contributed by atoms with Crippen LogP contribution in [0.2, 0.25) is 0 Å². The van der Waals surface area contributed by atoms with Crippen molar-refractivity contribution in [1.82, 2.24) is 5.32 Å². The van der Waals surface area contributed by atoms with Gasteiger partial charge in [-0.15, -0.1) is 0 Å². The quantitative estimate of drug-likeness (QED) is 0.589. The van der Waals surface area contributed by atoms with Gasteiger partial charge in [0.15, 0.2) is 0 Å². The lowest BCUT2D eigenvalue weighted by atomic mass is 9.87. The van der Waals surface area contributed by atoms with E-state index in [1.807, 2.05) is 20.8 Å². The highest BCUT2D eigenvalue weighted by molar-refractivity contribution is 5.82. The number of carbonyl (C=O) groups excluding carboxylic acids is 1. The Labute approximate surface area is 118 Å². The van der Waals surface area contributed by atoms with Crippen LogP contribution in [0.3, 0.4) is 0 Å². The molecule has 4 nitrogen and oxygen atoms in total. The molecule has 0 saturated carbocycles. The summed E-state index contributed by atoms with van der Waals surface area (Å²) in [4.78, 5) is 12.2. The Morgan fingerprint density at radius 3 is 2.47 bits per heavy atom. The van der Waals surface area contributed by atoms with Crippen LogP contribution in [0.4, 0.5) is 0 Å². The molecule has 0 aromatic carbocycles.